The topological polar surface area (TPSA) is 68.9 Å². The predicted molar refractivity (Wildman–Crippen MR) is 93.1 cm³/mol. The van der Waals surface area contributed by atoms with E-state index in [1.807, 2.05) is 30.5 Å². The number of hydrogen-bond donors (Lipinski definition) is 0. The predicted octanol–water partition coefficient (Wildman–Crippen LogP) is 4.52. The molecule has 0 bridgehead atoms. The van der Waals surface area contributed by atoms with Gasteiger partial charge in [-0.3, -0.25) is 9.78 Å². The molecule has 0 N–H and O–H groups in total. The van der Waals surface area contributed by atoms with E-state index >= 15 is 0 Å². The van der Waals surface area contributed by atoms with Crippen molar-refractivity contribution in [1.82, 2.24) is 15.1 Å². The molecule has 6 heteroatoms. The number of pyridine rings is 2. The number of nitrogens with zero attached hydrogens (tertiary/aromatic N) is 3. The largest absolute Gasteiger partial charge is 0.335 e. The summed E-state index contributed by atoms with van der Waals surface area (Å²) in [7, 11) is 0. The average molecular weight is 335 g/mol. The molecule has 4 aromatic heterocycles. The molecule has 5 nitrogen and oxygen atoms in total. The SMILES string of the molecule is CC(=O)c1cc(-c2cncc(C)c2)nc2onc(-c3cccs3)c12. The normalized spacial score (nSPS) is 11.1. The summed E-state index contributed by atoms with van der Waals surface area (Å²) < 4.78 is 5.43. The number of hydrogen-bond acceptors (Lipinski definition) is 6. The number of aromatic nitrogens is 3. The van der Waals surface area contributed by atoms with Gasteiger partial charge in [-0.25, -0.2) is 4.98 Å². The van der Waals surface area contributed by atoms with Crippen molar-refractivity contribution in [2.75, 3.05) is 0 Å². The molecule has 0 aliphatic carbocycles. The van der Waals surface area contributed by atoms with E-state index in [1.54, 1.807) is 29.8 Å². The highest BCUT2D eigenvalue weighted by Crippen LogP contribution is 2.34. The van der Waals surface area contributed by atoms with Gasteiger partial charge in [0.25, 0.3) is 5.71 Å². The van der Waals surface area contributed by atoms with Crippen LogP contribution >= 0.6 is 11.3 Å². The molecule has 118 valence electrons. The number of Topliss-reactive ketones (excluding diaryl/α,β-unsaturated/α-hetero) is 1. The van der Waals surface area contributed by atoms with Gasteiger partial charge in [0, 0.05) is 23.5 Å². The van der Waals surface area contributed by atoms with E-state index < -0.39 is 0 Å². The zero-order valence-electron chi connectivity index (χ0n) is 13.1. The quantitative estimate of drug-likeness (QED) is 0.515. The maximum atomic E-state index is 12.2. The number of carbonyl (C=O) groups excluding carboxylic acids is 1. The van der Waals surface area contributed by atoms with E-state index in [9.17, 15) is 4.79 Å². The summed E-state index contributed by atoms with van der Waals surface area (Å²) in [5.41, 5.74) is 4.09. The van der Waals surface area contributed by atoms with E-state index in [4.69, 9.17) is 4.52 Å². The second-order valence-electron chi connectivity index (χ2n) is 5.55. The van der Waals surface area contributed by atoms with E-state index in [-0.39, 0.29) is 5.78 Å². The summed E-state index contributed by atoms with van der Waals surface area (Å²) in [4.78, 5) is 21.9. The third-order valence-electron chi connectivity index (χ3n) is 3.75. The highest BCUT2D eigenvalue weighted by atomic mass is 32.1. The van der Waals surface area contributed by atoms with Gasteiger partial charge in [-0.2, -0.15) is 0 Å². The molecule has 4 heterocycles. The van der Waals surface area contributed by atoms with E-state index in [2.05, 4.69) is 15.1 Å². The minimum atomic E-state index is -0.0507. The molecule has 0 atom stereocenters. The lowest BCUT2D eigenvalue weighted by atomic mass is 10.0. The zero-order valence-corrected chi connectivity index (χ0v) is 13.9. The van der Waals surface area contributed by atoms with Crippen molar-refractivity contribution in [3.63, 3.8) is 0 Å². The monoisotopic (exact) mass is 335 g/mol. The first-order chi connectivity index (χ1) is 11.6. The first-order valence-electron chi connectivity index (χ1n) is 7.41. The van der Waals surface area contributed by atoms with Crippen molar-refractivity contribution >= 4 is 28.2 Å². The molecule has 4 aromatic rings. The third-order valence-corrected chi connectivity index (χ3v) is 4.63. The number of ketones is 1. The van der Waals surface area contributed by atoms with Crippen LogP contribution in [0.15, 0.2) is 46.6 Å². The molecule has 0 fully saturated rings. The number of aryl methyl sites for hydroxylation is 1. The van der Waals surface area contributed by atoms with Gasteiger partial charge in [-0.1, -0.05) is 11.2 Å². The average Bonchev–Trinajstić information content (AvgIpc) is 3.22. The van der Waals surface area contributed by atoms with Gasteiger partial charge >= 0.3 is 0 Å². The van der Waals surface area contributed by atoms with Crippen molar-refractivity contribution in [2.24, 2.45) is 0 Å². The molecule has 0 amide bonds. The van der Waals surface area contributed by atoms with E-state index in [0.29, 0.717) is 28.1 Å². The Kier molecular flexibility index (Phi) is 3.46. The van der Waals surface area contributed by atoms with Crippen molar-refractivity contribution in [3.8, 4) is 21.8 Å². The van der Waals surface area contributed by atoms with Crippen LogP contribution in [0.4, 0.5) is 0 Å². The second-order valence-corrected chi connectivity index (χ2v) is 6.50. The Balaban J connectivity index is 1.99. The molecule has 0 saturated heterocycles. The summed E-state index contributed by atoms with van der Waals surface area (Å²) >= 11 is 1.55. The van der Waals surface area contributed by atoms with E-state index in [0.717, 1.165) is 16.0 Å². The summed E-state index contributed by atoms with van der Waals surface area (Å²) in [5, 5.41) is 6.76. The number of thiophene rings is 1. The van der Waals surface area contributed by atoms with Crippen LogP contribution < -0.4 is 0 Å². The van der Waals surface area contributed by atoms with Crippen LogP contribution in [-0.2, 0) is 0 Å². The highest BCUT2D eigenvalue weighted by Gasteiger charge is 2.20. The molecule has 0 aliphatic heterocycles. The molecule has 0 radical (unpaired) electrons. The Morgan fingerprint density at radius 2 is 2.12 bits per heavy atom. The third kappa shape index (κ3) is 2.41. The van der Waals surface area contributed by atoms with Gasteiger partial charge in [0.2, 0.25) is 0 Å². The van der Waals surface area contributed by atoms with Crippen LogP contribution in [-0.4, -0.2) is 20.9 Å². The summed E-state index contributed by atoms with van der Waals surface area (Å²) in [6.07, 6.45) is 3.50. The van der Waals surface area contributed by atoms with Crippen LogP contribution in [0.3, 0.4) is 0 Å². The Bertz CT molecular complexity index is 1050. The lowest BCUT2D eigenvalue weighted by Gasteiger charge is -2.05. The van der Waals surface area contributed by atoms with Crippen LogP contribution in [0.25, 0.3) is 32.9 Å². The van der Waals surface area contributed by atoms with Crippen molar-refractivity contribution in [3.05, 3.63) is 53.2 Å². The van der Waals surface area contributed by atoms with Crippen molar-refractivity contribution in [1.29, 1.82) is 0 Å². The first-order valence-corrected chi connectivity index (χ1v) is 8.28. The molecule has 0 unspecified atom stereocenters. The Labute approximate surface area is 142 Å². The fraction of sp³-hybridized carbons (Fsp3) is 0.111. The molecule has 24 heavy (non-hydrogen) atoms. The van der Waals surface area contributed by atoms with Gasteiger partial charge in [0.15, 0.2) is 5.78 Å². The summed E-state index contributed by atoms with van der Waals surface area (Å²) in [6, 6.07) is 7.65. The van der Waals surface area contributed by atoms with Crippen LogP contribution in [0.5, 0.6) is 0 Å². The second kappa shape index (κ2) is 5.65. The fourth-order valence-corrected chi connectivity index (χ4v) is 3.36. The maximum Gasteiger partial charge on any atom is 0.259 e. The van der Waals surface area contributed by atoms with Gasteiger partial charge in [-0.05, 0) is 43.0 Å². The van der Waals surface area contributed by atoms with Gasteiger partial charge in [-0.15, -0.1) is 11.3 Å². The smallest absolute Gasteiger partial charge is 0.259 e. The van der Waals surface area contributed by atoms with Crippen LogP contribution in [0, 0.1) is 6.92 Å². The van der Waals surface area contributed by atoms with Crippen molar-refractivity contribution < 1.29 is 9.32 Å². The number of rotatable bonds is 3. The summed E-state index contributed by atoms with van der Waals surface area (Å²) in [6.45, 7) is 3.50. The number of carbonyl (C=O) groups is 1. The molecule has 0 saturated carbocycles. The number of fused-ring (bicyclic) bond motifs is 1. The van der Waals surface area contributed by atoms with Gasteiger partial charge in [0.1, 0.15) is 5.69 Å². The molecule has 0 spiro atoms. The minimum absolute atomic E-state index is 0.0507. The Hall–Kier alpha value is -2.86. The van der Waals surface area contributed by atoms with E-state index in [1.165, 1.54) is 6.92 Å². The summed E-state index contributed by atoms with van der Waals surface area (Å²) in [5.74, 6) is -0.0507. The lowest BCUT2D eigenvalue weighted by molar-refractivity contribution is 0.101. The van der Waals surface area contributed by atoms with Crippen LogP contribution in [0.2, 0.25) is 0 Å². The Morgan fingerprint density at radius 1 is 1.25 bits per heavy atom. The van der Waals surface area contributed by atoms with Crippen LogP contribution in [0.1, 0.15) is 22.8 Å². The molecular formula is C18H13N3O2S. The van der Waals surface area contributed by atoms with Gasteiger partial charge < -0.3 is 4.52 Å². The molecule has 0 aliphatic rings. The molecule has 0 aromatic carbocycles. The standard InChI is InChI=1S/C18H13N3O2S/c1-10-6-12(9-19-8-10)14-7-13(11(2)22)16-17(15-4-3-5-24-15)21-23-18(16)20-14/h3-9H,1-2H3. The fourth-order valence-electron chi connectivity index (χ4n) is 2.65. The molecular weight excluding hydrogens is 322 g/mol. The maximum absolute atomic E-state index is 12.2. The van der Waals surface area contributed by atoms with Gasteiger partial charge in [0.05, 0.1) is 16.0 Å². The zero-order chi connectivity index (χ0) is 16.7. The Morgan fingerprint density at radius 3 is 2.83 bits per heavy atom. The molecule has 4 rings (SSSR count). The minimum Gasteiger partial charge on any atom is -0.335 e. The highest BCUT2D eigenvalue weighted by molar-refractivity contribution is 7.13. The first kappa shape index (κ1) is 14.7. The lowest BCUT2D eigenvalue weighted by Crippen LogP contribution is -1.97. The van der Waals surface area contributed by atoms with Crippen molar-refractivity contribution in [2.45, 2.75) is 13.8 Å².